The van der Waals surface area contributed by atoms with Crippen molar-refractivity contribution in [2.24, 2.45) is 0 Å². The van der Waals surface area contributed by atoms with Crippen LogP contribution in [-0.4, -0.2) is 54.9 Å². The van der Waals surface area contributed by atoms with Crippen molar-refractivity contribution >= 4 is 43.9 Å². The summed E-state index contributed by atoms with van der Waals surface area (Å²) in [5.74, 6) is 5.75. The third kappa shape index (κ3) is 31.9. The Bertz CT molecular complexity index is 2770. The van der Waals surface area contributed by atoms with E-state index in [0.717, 1.165) is 66.9 Å². The highest BCUT2D eigenvalue weighted by molar-refractivity contribution is 5.83. The Morgan fingerprint density at radius 3 is 0.688 bits per heavy atom. The number of halogens is 4. The molecule has 4 aromatic heterocycles. The van der Waals surface area contributed by atoms with Crippen LogP contribution >= 0.6 is 0 Å². The first-order valence-electron chi connectivity index (χ1n) is 21.9. The van der Waals surface area contributed by atoms with Crippen molar-refractivity contribution in [3.8, 4) is 46.0 Å². The summed E-state index contributed by atoms with van der Waals surface area (Å²) in [5, 5.41) is 4.00. The van der Waals surface area contributed by atoms with Crippen LogP contribution in [0.4, 0.5) is 0 Å². The van der Waals surface area contributed by atoms with Gasteiger partial charge >= 0.3 is 47.4 Å². The van der Waals surface area contributed by atoms with E-state index in [1.54, 1.807) is 53.5 Å². The van der Waals surface area contributed by atoms with Crippen molar-refractivity contribution in [3.63, 3.8) is 0 Å². The van der Waals surface area contributed by atoms with Crippen LogP contribution in [0.3, 0.4) is 0 Å². The van der Waals surface area contributed by atoms with E-state index < -0.39 is 41.0 Å². The molecule has 0 saturated heterocycles. The summed E-state index contributed by atoms with van der Waals surface area (Å²) in [6, 6.07) is 30.3. The Morgan fingerprint density at radius 2 is 0.450 bits per heavy atom. The van der Waals surface area contributed by atoms with Crippen LogP contribution in [0.2, 0.25) is 0 Å². The van der Waals surface area contributed by atoms with Gasteiger partial charge in [0.1, 0.15) is 0 Å². The van der Waals surface area contributed by atoms with E-state index >= 15 is 0 Å². The normalized spacial score (nSPS) is 10.7. The summed E-state index contributed by atoms with van der Waals surface area (Å²) in [4.78, 5) is 0. The predicted octanol–water partition coefficient (Wildman–Crippen LogP) is -6.54. The van der Waals surface area contributed by atoms with Gasteiger partial charge in [0.15, 0.2) is 46.0 Å². The van der Waals surface area contributed by atoms with Gasteiger partial charge in [0.2, 0.25) is 0 Å². The van der Waals surface area contributed by atoms with Crippen molar-refractivity contribution in [1.29, 1.82) is 0 Å². The second kappa shape index (κ2) is 35.9. The smallest absolute Gasteiger partial charge is 0.363 e. The first-order chi connectivity index (χ1) is 37.4. The molecule has 0 N–H and O–H groups in total. The summed E-state index contributed by atoms with van der Waals surface area (Å²) in [5.41, 5.74) is 3.17. The summed E-state index contributed by atoms with van der Waals surface area (Å²) >= 11 is 0. The summed E-state index contributed by atoms with van der Waals surface area (Å²) in [6.07, 6.45) is 6.57. The standard InChI is InChI=1S/C13H15O3.2C12H13O3.C11H11O3.4ClHO4/c1-3-14-12-8-10-6-5-7-16-11(10)9-13(12)15-4-2;1-3-14-12-7-9-5-4-6-15-10(9)8-11(12)13-2;1-3-14-12-8-10-9(5-4-6-15-10)7-11(12)13-2;1-12-10-6-8-4-3-5-14-9(8)7-11(10)13-2;4*2-1(3,4)5/h5-9H,3-4H2,1-2H3;2*4-8H,3H2,1-2H3;3-7H,1-2H3;4*(H,2,3,4,5)/q4*+1;;;;/p-4. The van der Waals surface area contributed by atoms with Crippen LogP contribution in [0.25, 0.3) is 43.9 Å². The van der Waals surface area contributed by atoms with Crippen molar-refractivity contribution in [3.05, 3.63) is 122 Å². The molecule has 0 amide bonds. The van der Waals surface area contributed by atoms with Crippen molar-refractivity contribution in [2.75, 3.05) is 54.9 Å². The highest BCUT2D eigenvalue weighted by atomic mass is 35.7. The quantitative estimate of drug-likeness (QED) is 0.103. The van der Waals surface area contributed by atoms with E-state index in [1.807, 2.05) is 125 Å². The van der Waals surface area contributed by atoms with Gasteiger partial charge in [-0.1, -0.05) is 0 Å². The highest BCUT2D eigenvalue weighted by Crippen LogP contribution is 2.35. The zero-order chi connectivity index (χ0) is 60.7. The van der Waals surface area contributed by atoms with Crippen LogP contribution < -0.4 is 112 Å². The highest BCUT2D eigenvalue weighted by Gasteiger charge is 2.16. The fourth-order valence-corrected chi connectivity index (χ4v) is 5.89. The molecule has 8 aromatic rings. The van der Waals surface area contributed by atoms with Crippen LogP contribution in [0.15, 0.2) is 140 Å². The topological polar surface area (TPSA) is 488 Å². The molecule has 4 heterocycles. The summed E-state index contributed by atoms with van der Waals surface area (Å²) < 4.78 is 200. The molecule has 0 saturated carbocycles. The van der Waals surface area contributed by atoms with Crippen molar-refractivity contribution < 1.29 is 171 Å². The number of rotatable bonds is 12. The molecule has 0 spiro atoms. The van der Waals surface area contributed by atoms with Gasteiger partial charge in [-0.15, -0.1) is 41.0 Å². The lowest BCUT2D eigenvalue weighted by Crippen LogP contribution is -2.68. The lowest BCUT2D eigenvalue weighted by Gasteiger charge is -2.17. The Hall–Kier alpha value is -6.56. The number of methoxy groups -OCH3 is 4. The monoisotopic (exact) mass is 1220 g/mol. The lowest BCUT2D eigenvalue weighted by molar-refractivity contribution is -2.00. The van der Waals surface area contributed by atoms with Crippen molar-refractivity contribution in [1.82, 2.24) is 0 Å². The second-order valence-corrected chi connectivity index (χ2v) is 16.9. The molecule has 4 aromatic carbocycles. The second-order valence-electron chi connectivity index (χ2n) is 13.9. The molecule has 0 radical (unpaired) electrons. The van der Waals surface area contributed by atoms with E-state index in [-0.39, 0.29) is 0 Å². The molecule has 8 rings (SSSR count). The van der Waals surface area contributed by atoms with E-state index in [0.29, 0.717) is 49.4 Å². The Labute approximate surface area is 463 Å². The summed E-state index contributed by atoms with van der Waals surface area (Å²) in [6.45, 7) is 10.2. The first kappa shape index (κ1) is 71.5. The third-order valence-corrected chi connectivity index (χ3v) is 8.58. The molecule has 80 heavy (non-hydrogen) atoms. The molecule has 0 aliphatic rings. The van der Waals surface area contributed by atoms with Crippen LogP contribution in [0.1, 0.15) is 27.7 Å². The van der Waals surface area contributed by atoms with Gasteiger partial charge in [-0.2, -0.15) is 0 Å². The minimum Gasteiger partial charge on any atom is -0.493 e. The van der Waals surface area contributed by atoms with Crippen LogP contribution in [0, 0.1) is 41.0 Å². The number of hydrogen-bond acceptors (Lipinski definition) is 24. The fraction of sp³-hybridized carbons (Fsp3) is 0.250. The predicted molar refractivity (Wildman–Crippen MR) is 233 cm³/mol. The molecule has 0 bridgehead atoms. The fourth-order valence-electron chi connectivity index (χ4n) is 5.89. The SMILES string of the molecule is CCOc1cc2[o+]cccc2cc1OC.CCOc1cc2ccc[o+]c2cc1OC.CCOc1cc2ccc[o+]c2cc1OCC.COc1cc2ccc[o+]c2cc1OC.[O-][Cl+3]([O-])([O-])[O-].[O-][Cl+3]([O-])([O-])[O-].[O-][Cl+3]([O-])([O-])[O-].[O-][Cl+3]([O-])([O-])[O-]. The molecule has 0 unspecified atom stereocenters. The van der Waals surface area contributed by atoms with Crippen molar-refractivity contribution in [2.45, 2.75) is 27.7 Å². The maximum Gasteiger partial charge on any atom is 0.363 e. The third-order valence-electron chi connectivity index (χ3n) is 8.58. The Kier molecular flexibility index (Phi) is 32.1. The maximum atomic E-state index is 8.49. The minimum absolute atomic E-state index is 0.606. The average molecular weight is 1220 g/mol. The van der Waals surface area contributed by atoms with Gasteiger partial charge in [-0.05, 0) is 52.0 Å². The van der Waals surface area contributed by atoms with Crippen LogP contribution in [-0.2, 0) is 0 Å². The number of fused-ring (bicyclic) bond motifs is 4. The molecular formula is C48H52Cl4O28. The average Bonchev–Trinajstić information content (AvgIpc) is 3.37. The molecule has 0 aliphatic carbocycles. The summed E-state index contributed by atoms with van der Waals surface area (Å²) in [7, 11) is -13.3. The van der Waals surface area contributed by atoms with Gasteiger partial charge in [-0.3, -0.25) is 0 Å². The number of benzene rings is 4. The molecule has 28 nitrogen and oxygen atoms in total. The largest absolute Gasteiger partial charge is 0.493 e. The Morgan fingerprint density at radius 1 is 0.287 bits per heavy atom. The molecule has 0 atom stereocenters. The molecule has 0 aliphatic heterocycles. The number of ether oxygens (including phenoxy) is 8. The van der Waals surface area contributed by atoms with Crippen LogP contribution in [0.5, 0.6) is 46.0 Å². The molecular weight excluding hydrogens is 1170 g/mol. The van der Waals surface area contributed by atoms with Gasteiger partial charge in [-0.25, -0.2) is 92.2 Å². The molecule has 0 fully saturated rings. The molecule has 32 heteroatoms. The molecule has 440 valence electrons. The van der Waals surface area contributed by atoms with Gasteiger partial charge in [0.05, 0.1) is 101 Å². The number of hydrogen-bond donors (Lipinski definition) is 0. The first-order valence-corrected chi connectivity index (χ1v) is 26.9. The van der Waals surface area contributed by atoms with Gasteiger partial charge < -0.3 is 37.9 Å². The maximum absolute atomic E-state index is 8.49. The lowest BCUT2D eigenvalue weighted by atomic mass is 10.2. The Balaban J connectivity index is 0.000000479. The van der Waals surface area contributed by atoms with E-state index in [9.17, 15) is 0 Å². The van der Waals surface area contributed by atoms with E-state index in [2.05, 4.69) is 0 Å². The minimum atomic E-state index is -4.94. The zero-order valence-corrected chi connectivity index (χ0v) is 46.3. The van der Waals surface area contributed by atoms with Gasteiger partial charge in [0.25, 0.3) is 0 Å². The van der Waals surface area contributed by atoms with E-state index in [4.69, 9.17) is 130 Å². The van der Waals surface area contributed by atoms with E-state index in [1.165, 1.54) is 0 Å². The van der Waals surface area contributed by atoms with Gasteiger partial charge in [0, 0.05) is 48.5 Å². The zero-order valence-electron chi connectivity index (χ0n) is 43.3.